The summed E-state index contributed by atoms with van der Waals surface area (Å²) >= 11 is 3.60. The van der Waals surface area contributed by atoms with Crippen LogP contribution in [0.3, 0.4) is 0 Å². The van der Waals surface area contributed by atoms with E-state index in [-0.39, 0.29) is 35.8 Å². The van der Waals surface area contributed by atoms with Gasteiger partial charge in [0, 0.05) is 89.2 Å². The fourth-order valence-corrected chi connectivity index (χ4v) is 9.99. The van der Waals surface area contributed by atoms with Gasteiger partial charge in [0.1, 0.15) is 17.1 Å². The number of aliphatic imine (C=N–C) groups is 1. The Morgan fingerprint density at radius 3 is 2.53 bits per heavy atom. The number of nitrogens with zero attached hydrogens (tertiary/aromatic N) is 8. The van der Waals surface area contributed by atoms with Crippen LogP contribution in [-0.2, 0) is 19.0 Å². The van der Waals surface area contributed by atoms with Gasteiger partial charge in [0.2, 0.25) is 0 Å². The molecule has 1 N–H and O–H groups in total. The highest BCUT2D eigenvalue weighted by atomic mass is 79.9. The van der Waals surface area contributed by atoms with Crippen molar-refractivity contribution in [3.05, 3.63) is 138 Å². The number of rotatable bonds is 7. The number of carbonyl (C=O) groups is 1. The van der Waals surface area contributed by atoms with Gasteiger partial charge in [-0.05, 0) is 98.2 Å². The number of halogens is 2. The Morgan fingerprint density at radius 2 is 1.78 bits per heavy atom. The topological polar surface area (TPSA) is 141 Å². The molecule has 15 heteroatoms. The summed E-state index contributed by atoms with van der Waals surface area (Å²) in [5.41, 5.74) is 6.56. The molecule has 1 amide bonds. The maximum atomic E-state index is 15.1. The number of carbonyl (C=O) groups excluding carboxylic acids is 1. The Kier molecular flexibility index (Phi) is 8.67. The Labute approximate surface area is 345 Å². The molecule has 0 spiro atoms. The second kappa shape index (κ2) is 13.8. The molecule has 10 rings (SSSR count). The van der Waals surface area contributed by atoms with Gasteiger partial charge < -0.3 is 9.47 Å². The van der Waals surface area contributed by atoms with Gasteiger partial charge in [0.15, 0.2) is 5.82 Å². The monoisotopic (exact) mass is 857 g/mol. The van der Waals surface area contributed by atoms with Crippen molar-refractivity contribution >= 4 is 55.1 Å². The number of hydrogen-bond donors (Lipinski definition) is 1. The van der Waals surface area contributed by atoms with E-state index in [1.165, 1.54) is 0 Å². The molecule has 1 saturated carbocycles. The minimum absolute atomic E-state index is 0.0552. The Hall–Kier alpha value is -6.09. The predicted molar refractivity (Wildman–Crippen MR) is 226 cm³/mol. The van der Waals surface area contributed by atoms with Crippen LogP contribution in [0.2, 0.25) is 0 Å². The average molecular weight is 859 g/mol. The van der Waals surface area contributed by atoms with Crippen LogP contribution in [-0.4, -0.2) is 69.8 Å². The summed E-state index contributed by atoms with van der Waals surface area (Å²) in [6.45, 7) is 6.81. The van der Waals surface area contributed by atoms with Crippen LogP contribution in [0.25, 0.3) is 33.2 Å². The number of allylic oxidation sites excluding steroid dienone is 1. The van der Waals surface area contributed by atoms with Gasteiger partial charge >= 0.3 is 11.4 Å². The number of nitrogens with one attached hydrogen (secondary N) is 1. The lowest BCUT2D eigenvalue weighted by Gasteiger charge is -2.33. The third-order valence-electron chi connectivity index (χ3n) is 12.6. The maximum Gasteiger partial charge on any atom is 0.438 e. The van der Waals surface area contributed by atoms with Crippen molar-refractivity contribution in [1.29, 1.82) is 0 Å². The molecule has 0 bridgehead atoms. The first kappa shape index (κ1) is 37.2. The lowest BCUT2D eigenvalue weighted by molar-refractivity contribution is 0.0757. The molecule has 7 aromatic rings. The van der Waals surface area contributed by atoms with Crippen molar-refractivity contribution in [2.75, 3.05) is 19.6 Å². The number of H-pyrrole nitrogens is 1. The average Bonchev–Trinajstić information content (AvgIpc) is 3.63. The summed E-state index contributed by atoms with van der Waals surface area (Å²) in [6, 6.07) is 17.4. The van der Waals surface area contributed by atoms with E-state index in [1.807, 2.05) is 77.3 Å². The molecule has 2 aliphatic heterocycles. The van der Waals surface area contributed by atoms with Gasteiger partial charge in [-0.1, -0.05) is 40.1 Å². The normalized spacial score (nSPS) is 20.6. The number of aryl methyl sites for hydroxylation is 3. The smallest absolute Gasteiger partial charge is 0.333 e. The zero-order valence-corrected chi connectivity index (χ0v) is 34.6. The quantitative estimate of drug-likeness (QED) is 0.185. The van der Waals surface area contributed by atoms with Gasteiger partial charge in [0.25, 0.3) is 5.91 Å². The Morgan fingerprint density at radius 1 is 1.02 bits per heavy atom. The van der Waals surface area contributed by atoms with E-state index in [4.69, 9.17) is 9.52 Å². The SMILES string of the molecule is Cc1cc(CC2CCN=C3CCN(C(=O)c4cc5cc(Br)ccc5n4[C@@]4(c5noc(=O)[nH]5)C[C@@H]4C)CC3=C2n2ccn(-c3ccc4c(cnn4C)c3)c2=O)cc(C)c1F. The van der Waals surface area contributed by atoms with Crippen LogP contribution in [0.15, 0.2) is 102 Å². The number of aromatic amines is 1. The molecule has 1 aliphatic carbocycles. The number of amides is 1. The molecule has 6 heterocycles. The number of aromatic nitrogens is 7. The molecule has 300 valence electrons. The van der Waals surface area contributed by atoms with E-state index in [9.17, 15) is 14.0 Å². The van der Waals surface area contributed by atoms with E-state index < -0.39 is 11.3 Å². The third-order valence-corrected chi connectivity index (χ3v) is 13.1. The van der Waals surface area contributed by atoms with Gasteiger partial charge in [-0.25, -0.2) is 14.0 Å². The summed E-state index contributed by atoms with van der Waals surface area (Å²) in [7, 11) is 1.88. The van der Waals surface area contributed by atoms with Crippen molar-refractivity contribution in [3.8, 4) is 5.69 Å². The van der Waals surface area contributed by atoms with Crippen molar-refractivity contribution in [2.45, 2.75) is 52.0 Å². The first-order chi connectivity index (χ1) is 28.4. The maximum absolute atomic E-state index is 15.1. The summed E-state index contributed by atoms with van der Waals surface area (Å²) in [4.78, 5) is 51.8. The number of hydrogen-bond acceptors (Lipinski definition) is 7. The first-order valence-corrected chi connectivity index (χ1v) is 20.6. The molecule has 3 atom stereocenters. The zero-order valence-electron chi connectivity index (χ0n) is 33.0. The first-order valence-electron chi connectivity index (χ1n) is 19.8. The van der Waals surface area contributed by atoms with E-state index in [2.05, 4.69) is 38.1 Å². The van der Waals surface area contributed by atoms with E-state index >= 15 is 4.79 Å². The van der Waals surface area contributed by atoms with Gasteiger partial charge in [-0.15, -0.1) is 0 Å². The van der Waals surface area contributed by atoms with Crippen molar-refractivity contribution in [2.24, 2.45) is 23.9 Å². The second-order valence-corrected chi connectivity index (χ2v) is 17.2. The van der Waals surface area contributed by atoms with Crippen LogP contribution in [0, 0.1) is 31.5 Å². The van der Waals surface area contributed by atoms with E-state index in [0.29, 0.717) is 67.1 Å². The molecular formula is C44H41BrFN9O4. The van der Waals surface area contributed by atoms with Crippen molar-refractivity contribution in [3.63, 3.8) is 0 Å². The number of fused-ring (bicyclic) bond motifs is 3. The van der Waals surface area contributed by atoms with Crippen LogP contribution < -0.4 is 11.4 Å². The standard InChI is InChI=1S/C44H41BrFN9O4/c1-24-15-27(16-25(2)38(24)46)17-28-9-11-47-34-10-12-52(23-33(34)39(28)54-14-13-53(43(54)58)32-6-8-35-30(19-32)22-48-51(35)4)40(56)37-20-29-18-31(45)5-7-36(29)55(37)44(21-26(44)3)41-49-42(57)59-50-41/h5-8,13-16,18-20,22,26,28H,9-12,17,21,23H2,1-4H3,(H,49,50,57)/t26-,28?,44-/m0/s1. The number of imidazole rings is 1. The van der Waals surface area contributed by atoms with E-state index in [1.54, 1.807) is 40.1 Å². The highest BCUT2D eigenvalue weighted by Crippen LogP contribution is 2.56. The minimum Gasteiger partial charge on any atom is -0.333 e. The molecule has 0 radical (unpaired) electrons. The van der Waals surface area contributed by atoms with Crippen molar-refractivity contribution < 1.29 is 13.7 Å². The number of benzene rings is 3. The summed E-state index contributed by atoms with van der Waals surface area (Å²) in [5.74, 6) is -0.799. The minimum atomic E-state index is -0.784. The lowest BCUT2D eigenvalue weighted by Crippen LogP contribution is -2.43. The lowest BCUT2D eigenvalue weighted by atomic mass is 9.87. The van der Waals surface area contributed by atoms with E-state index in [0.717, 1.165) is 48.8 Å². The Balaban J connectivity index is 1.11. The predicted octanol–water partition coefficient (Wildman–Crippen LogP) is 6.92. The van der Waals surface area contributed by atoms with Crippen LogP contribution in [0.4, 0.5) is 4.39 Å². The van der Waals surface area contributed by atoms with Crippen LogP contribution in [0.5, 0.6) is 0 Å². The fourth-order valence-electron chi connectivity index (χ4n) is 9.61. The van der Waals surface area contributed by atoms with Gasteiger partial charge in [0.05, 0.1) is 17.4 Å². The fraction of sp³-hybridized carbons (Fsp3) is 0.318. The summed E-state index contributed by atoms with van der Waals surface area (Å²) in [6.07, 6.45) is 7.74. The van der Waals surface area contributed by atoms with Gasteiger partial charge in [-0.2, -0.15) is 5.10 Å². The molecule has 4 aromatic heterocycles. The largest absolute Gasteiger partial charge is 0.438 e. The Bertz CT molecular complexity index is 3050. The molecule has 59 heavy (non-hydrogen) atoms. The molecular weight excluding hydrogens is 817 g/mol. The number of likely N-dealkylation sites (tertiary alicyclic amines) is 1. The summed E-state index contributed by atoms with van der Waals surface area (Å²) < 4.78 is 27.9. The molecule has 1 saturated heterocycles. The van der Waals surface area contributed by atoms with Crippen molar-refractivity contribution in [1.82, 2.24) is 38.5 Å². The molecule has 3 aliphatic rings. The zero-order chi connectivity index (χ0) is 40.9. The number of piperidine rings is 1. The third kappa shape index (κ3) is 5.99. The van der Waals surface area contributed by atoms with Crippen LogP contribution in [0.1, 0.15) is 59.2 Å². The highest BCUT2D eigenvalue weighted by Gasteiger charge is 2.59. The molecule has 2 fully saturated rings. The molecule has 13 nitrogen and oxygen atoms in total. The molecule has 1 unspecified atom stereocenters. The van der Waals surface area contributed by atoms with Gasteiger partial charge in [-0.3, -0.25) is 33.1 Å². The van der Waals surface area contributed by atoms with Crippen LogP contribution >= 0.6 is 15.9 Å². The second-order valence-electron chi connectivity index (χ2n) is 16.3. The highest BCUT2D eigenvalue weighted by molar-refractivity contribution is 9.10. The summed E-state index contributed by atoms with van der Waals surface area (Å²) in [5, 5.41) is 10.3. The molecule has 3 aromatic carbocycles.